The molecule has 0 aliphatic carbocycles. The van der Waals surface area contributed by atoms with Crippen LogP contribution in [-0.2, 0) is 0 Å². The molecule has 6 nitrogen and oxygen atoms in total. The Morgan fingerprint density at radius 3 is 2.44 bits per heavy atom. The second-order valence-electron chi connectivity index (χ2n) is 3.42. The largest absolute Gasteiger partial charge is 0.378 e. The van der Waals surface area contributed by atoms with Crippen LogP contribution in [0, 0.1) is 0 Å². The average molecular weight is 216 g/mol. The molecule has 82 valence electrons. The lowest BCUT2D eigenvalue weighted by atomic mass is 10.3. The minimum absolute atomic E-state index is 0.400. The van der Waals surface area contributed by atoms with E-state index in [9.17, 15) is 0 Å². The molecule has 1 aromatic heterocycles. The Bertz CT molecular complexity index is 457. The van der Waals surface area contributed by atoms with Gasteiger partial charge in [-0.25, -0.2) is 5.10 Å². The summed E-state index contributed by atoms with van der Waals surface area (Å²) in [5.74, 6) is 0.400. The third-order valence-electron chi connectivity index (χ3n) is 2.03. The number of H-pyrrole nitrogens is 1. The monoisotopic (exact) mass is 216 g/mol. The van der Waals surface area contributed by atoms with Gasteiger partial charge in [0.15, 0.2) is 0 Å². The Morgan fingerprint density at radius 2 is 1.88 bits per heavy atom. The first-order valence-electron chi connectivity index (χ1n) is 4.80. The van der Waals surface area contributed by atoms with Crippen LogP contribution in [0.15, 0.2) is 40.8 Å². The Morgan fingerprint density at radius 1 is 1.12 bits per heavy atom. The van der Waals surface area contributed by atoms with E-state index >= 15 is 0 Å². The maximum atomic E-state index is 4.02. The minimum Gasteiger partial charge on any atom is -0.378 e. The van der Waals surface area contributed by atoms with Crippen LogP contribution < -0.4 is 4.90 Å². The van der Waals surface area contributed by atoms with Crippen molar-refractivity contribution in [2.24, 2.45) is 10.2 Å². The van der Waals surface area contributed by atoms with Crippen molar-refractivity contribution in [3.8, 4) is 0 Å². The molecule has 0 unspecified atom stereocenters. The summed E-state index contributed by atoms with van der Waals surface area (Å²) in [6, 6.07) is 7.76. The Kier molecular flexibility index (Phi) is 2.90. The van der Waals surface area contributed by atoms with E-state index < -0.39 is 0 Å². The zero-order valence-electron chi connectivity index (χ0n) is 9.12. The lowest BCUT2D eigenvalue weighted by molar-refractivity contribution is 1.05. The van der Waals surface area contributed by atoms with Crippen LogP contribution in [0.25, 0.3) is 0 Å². The maximum Gasteiger partial charge on any atom is 0.264 e. The number of hydrogen-bond donors (Lipinski definition) is 1. The minimum atomic E-state index is 0.400. The van der Waals surface area contributed by atoms with Gasteiger partial charge in [-0.3, -0.25) is 0 Å². The number of azo groups is 1. The number of nitrogens with one attached hydrogen (secondary N) is 1. The topological polar surface area (TPSA) is 69.5 Å². The van der Waals surface area contributed by atoms with Gasteiger partial charge in [0, 0.05) is 19.8 Å². The number of hydrogen-bond acceptors (Lipinski definition) is 5. The number of rotatable bonds is 3. The summed E-state index contributed by atoms with van der Waals surface area (Å²) < 4.78 is 0. The third kappa shape index (κ3) is 2.41. The van der Waals surface area contributed by atoms with Gasteiger partial charge in [-0.15, -0.1) is 10.2 Å². The fourth-order valence-corrected chi connectivity index (χ4v) is 1.17. The van der Waals surface area contributed by atoms with Crippen molar-refractivity contribution in [1.82, 2.24) is 15.2 Å². The van der Waals surface area contributed by atoms with Crippen LogP contribution in [0.2, 0.25) is 0 Å². The molecule has 0 aliphatic heterocycles. The molecule has 1 N–H and O–H groups in total. The molecule has 0 fully saturated rings. The van der Waals surface area contributed by atoms with Gasteiger partial charge >= 0.3 is 0 Å². The highest BCUT2D eigenvalue weighted by Gasteiger charge is 1.95. The van der Waals surface area contributed by atoms with Crippen molar-refractivity contribution in [1.29, 1.82) is 0 Å². The van der Waals surface area contributed by atoms with E-state index in [1.165, 1.54) is 6.33 Å². The second kappa shape index (κ2) is 4.52. The summed E-state index contributed by atoms with van der Waals surface area (Å²) in [5, 5.41) is 14.2. The van der Waals surface area contributed by atoms with Gasteiger partial charge in [0.1, 0.15) is 6.33 Å². The molecule has 0 atom stereocenters. The summed E-state index contributed by atoms with van der Waals surface area (Å²) in [4.78, 5) is 5.87. The van der Waals surface area contributed by atoms with Crippen LogP contribution >= 0.6 is 0 Å². The number of benzene rings is 1. The van der Waals surface area contributed by atoms with Crippen LogP contribution in [0.1, 0.15) is 0 Å². The molecule has 0 aliphatic rings. The van der Waals surface area contributed by atoms with Crippen molar-refractivity contribution < 1.29 is 0 Å². The fraction of sp³-hybridized carbons (Fsp3) is 0.200. The molecular weight excluding hydrogens is 204 g/mol. The maximum absolute atomic E-state index is 4.02. The normalized spacial score (nSPS) is 10.9. The SMILES string of the molecule is CN(C)c1ccc(N=Nc2ncn[nH]2)cc1. The van der Waals surface area contributed by atoms with Gasteiger partial charge in [0.2, 0.25) is 0 Å². The van der Waals surface area contributed by atoms with Crippen molar-refractivity contribution in [2.75, 3.05) is 19.0 Å². The molecule has 1 aromatic carbocycles. The van der Waals surface area contributed by atoms with Gasteiger partial charge < -0.3 is 4.90 Å². The molecule has 0 bridgehead atoms. The van der Waals surface area contributed by atoms with Crippen molar-refractivity contribution in [3.63, 3.8) is 0 Å². The number of aromatic nitrogens is 3. The van der Waals surface area contributed by atoms with E-state index in [-0.39, 0.29) is 0 Å². The molecule has 0 saturated heterocycles. The van der Waals surface area contributed by atoms with Gasteiger partial charge in [-0.05, 0) is 24.3 Å². The summed E-state index contributed by atoms with van der Waals surface area (Å²) >= 11 is 0. The summed E-state index contributed by atoms with van der Waals surface area (Å²) in [6.07, 6.45) is 1.39. The first kappa shape index (κ1) is 10.3. The van der Waals surface area contributed by atoms with Crippen molar-refractivity contribution in [3.05, 3.63) is 30.6 Å². The lowest BCUT2D eigenvalue weighted by Crippen LogP contribution is -2.07. The first-order valence-corrected chi connectivity index (χ1v) is 4.80. The van der Waals surface area contributed by atoms with E-state index in [0.717, 1.165) is 11.4 Å². The standard InChI is InChI=1S/C10H12N6/c1-16(2)9-5-3-8(4-6-9)13-15-10-11-7-12-14-10/h3-7H,1-2H3,(H,11,12,14). The second-order valence-corrected chi connectivity index (χ2v) is 3.42. The van der Waals surface area contributed by atoms with Crippen LogP contribution in [-0.4, -0.2) is 29.3 Å². The smallest absolute Gasteiger partial charge is 0.264 e. The van der Waals surface area contributed by atoms with Crippen molar-refractivity contribution >= 4 is 17.3 Å². The van der Waals surface area contributed by atoms with Gasteiger partial charge in [0.05, 0.1) is 5.69 Å². The Balaban J connectivity index is 2.11. The van der Waals surface area contributed by atoms with Crippen molar-refractivity contribution in [2.45, 2.75) is 0 Å². The predicted molar refractivity (Wildman–Crippen MR) is 61.3 cm³/mol. The molecule has 1 heterocycles. The highest BCUT2D eigenvalue weighted by molar-refractivity contribution is 5.51. The molecular formula is C10H12N6. The van der Waals surface area contributed by atoms with E-state index in [1.807, 2.05) is 43.3 Å². The van der Waals surface area contributed by atoms with Gasteiger partial charge in [-0.1, -0.05) is 0 Å². The highest BCUT2D eigenvalue weighted by atomic mass is 15.3. The van der Waals surface area contributed by atoms with E-state index in [4.69, 9.17) is 0 Å². The number of nitrogens with zero attached hydrogens (tertiary/aromatic N) is 5. The highest BCUT2D eigenvalue weighted by Crippen LogP contribution is 2.19. The fourth-order valence-electron chi connectivity index (χ4n) is 1.17. The zero-order chi connectivity index (χ0) is 11.4. The number of aromatic amines is 1. The predicted octanol–water partition coefficient (Wildman–Crippen LogP) is 2.29. The quantitative estimate of drug-likeness (QED) is 0.800. The Hall–Kier alpha value is -2.24. The molecule has 2 rings (SSSR count). The Labute approximate surface area is 93.0 Å². The molecule has 0 spiro atoms. The van der Waals surface area contributed by atoms with E-state index in [1.54, 1.807) is 0 Å². The molecule has 0 radical (unpaired) electrons. The zero-order valence-corrected chi connectivity index (χ0v) is 9.12. The van der Waals surface area contributed by atoms with E-state index in [0.29, 0.717) is 5.95 Å². The first-order chi connectivity index (χ1) is 7.75. The lowest BCUT2D eigenvalue weighted by Gasteiger charge is -2.11. The summed E-state index contributed by atoms with van der Waals surface area (Å²) in [6.45, 7) is 0. The van der Waals surface area contributed by atoms with Crippen LogP contribution in [0.3, 0.4) is 0 Å². The van der Waals surface area contributed by atoms with Crippen LogP contribution in [0.4, 0.5) is 17.3 Å². The molecule has 2 aromatic rings. The van der Waals surface area contributed by atoms with Gasteiger partial charge in [-0.2, -0.15) is 10.1 Å². The molecule has 16 heavy (non-hydrogen) atoms. The molecule has 6 heteroatoms. The summed E-state index contributed by atoms with van der Waals surface area (Å²) in [7, 11) is 3.98. The molecule has 0 saturated carbocycles. The average Bonchev–Trinajstić information content (AvgIpc) is 2.80. The van der Waals surface area contributed by atoms with Gasteiger partial charge in [0.25, 0.3) is 5.95 Å². The molecule has 0 amide bonds. The third-order valence-corrected chi connectivity index (χ3v) is 2.03. The van der Waals surface area contributed by atoms with Crippen LogP contribution in [0.5, 0.6) is 0 Å². The number of anilines is 1. The summed E-state index contributed by atoms with van der Waals surface area (Å²) in [5.41, 5.74) is 1.90. The van der Waals surface area contributed by atoms with E-state index in [2.05, 4.69) is 25.4 Å².